The summed E-state index contributed by atoms with van der Waals surface area (Å²) >= 11 is 1.56. The highest BCUT2D eigenvalue weighted by molar-refractivity contribution is 7.10. The summed E-state index contributed by atoms with van der Waals surface area (Å²) in [6, 6.07) is 0. The average molecular weight is 267 g/mol. The maximum atomic E-state index is 9.08. The summed E-state index contributed by atoms with van der Waals surface area (Å²) in [5, 5.41) is 10.4. The van der Waals surface area contributed by atoms with Crippen LogP contribution in [0.15, 0.2) is 0 Å². The topological polar surface area (TPSA) is 62.4 Å². The van der Waals surface area contributed by atoms with Crippen LogP contribution in [0.3, 0.4) is 0 Å². The van der Waals surface area contributed by atoms with E-state index in [1.807, 2.05) is 0 Å². The summed E-state index contributed by atoms with van der Waals surface area (Å²) in [4.78, 5) is 2.45. The van der Waals surface area contributed by atoms with Crippen molar-refractivity contribution in [2.24, 2.45) is 5.92 Å². The Kier molecular flexibility index (Phi) is 3.43. The van der Waals surface area contributed by atoms with E-state index < -0.39 is 0 Å². The van der Waals surface area contributed by atoms with E-state index in [0.29, 0.717) is 18.4 Å². The molecule has 1 saturated carbocycles. The summed E-state index contributed by atoms with van der Waals surface area (Å²) in [6.45, 7) is 2.48. The minimum Gasteiger partial charge on any atom is -0.396 e. The van der Waals surface area contributed by atoms with Gasteiger partial charge in [-0.2, -0.15) is 4.37 Å². The first-order valence-corrected chi connectivity index (χ1v) is 7.67. The number of aromatic nitrogens is 1. The minimum atomic E-state index is 0.304. The molecule has 1 aliphatic carbocycles. The molecule has 4 nitrogen and oxygen atoms in total. The Labute approximate surface area is 112 Å². The Morgan fingerprint density at radius 1 is 1.39 bits per heavy atom. The fraction of sp³-hybridized carbons (Fsp3) is 0.769. The van der Waals surface area contributed by atoms with Gasteiger partial charge in [-0.1, -0.05) is 0 Å². The highest BCUT2D eigenvalue weighted by Gasteiger charge is 2.33. The van der Waals surface area contributed by atoms with Gasteiger partial charge in [0.25, 0.3) is 0 Å². The molecule has 5 heteroatoms. The normalized spacial score (nSPS) is 24.5. The first-order valence-electron chi connectivity index (χ1n) is 6.90. The molecule has 0 radical (unpaired) electrons. The lowest BCUT2D eigenvalue weighted by Crippen LogP contribution is -2.35. The predicted octanol–water partition coefficient (Wildman–Crippen LogP) is 2.20. The van der Waals surface area contributed by atoms with Crippen LogP contribution >= 0.6 is 11.5 Å². The second-order valence-corrected chi connectivity index (χ2v) is 6.28. The Bertz CT molecular complexity index is 414. The van der Waals surface area contributed by atoms with Gasteiger partial charge in [-0.05, 0) is 55.5 Å². The third-order valence-electron chi connectivity index (χ3n) is 4.07. The molecule has 1 unspecified atom stereocenters. The predicted molar refractivity (Wildman–Crippen MR) is 75.1 cm³/mol. The van der Waals surface area contributed by atoms with Crippen LogP contribution in [-0.4, -0.2) is 29.2 Å². The number of piperidine rings is 1. The van der Waals surface area contributed by atoms with Gasteiger partial charge in [-0.25, -0.2) is 0 Å². The first kappa shape index (κ1) is 12.2. The van der Waals surface area contributed by atoms with Crippen molar-refractivity contribution in [3.05, 3.63) is 5.56 Å². The Morgan fingerprint density at radius 3 is 2.94 bits per heavy atom. The molecule has 1 aliphatic heterocycles. The third-order valence-corrected chi connectivity index (χ3v) is 5.01. The summed E-state index contributed by atoms with van der Waals surface area (Å²) in [6.07, 6.45) is 5.91. The zero-order valence-corrected chi connectivity index (χ0v) is 11.5. The number of nitrogens with two attached hydrogens (primary N) is 1. The fourth-order valence-corrected chi connectivity index (χ4v) is 3.89. The number of nitrogen functional groups attached to an aromatic ring is 1. The van der Waals surface area contributed by atoms with Crippen LogP contribution in [0.5, 0.6) is 0 Å². The van der Waals surface area contributed by atoms with Crippen LogP contribution in [0.25, 0.3) is 0 Å². The van der Waals surface area contributed by atoms with Crippen molar-refractivity contribution in [3.63, 3.8) is 0 Å². The minimum absolute atomic E-state index is 0.304. The number of aliphatic hydroxyl groups is 1. The van der Waals surface area contributed by atoms with E-state index in [9.17, 15) is 0 Å². The SMILES string of the molecule is Nc1nsc(N2CCCC(CCO)C2)c1C1CC1. The molecule has 0 amide bonds. The molecule has 0 aromatic carbocycles. The quantitative estimate of drug-likeness (QED) is 0.878. The molecule has 2 fully saturated rings. The zero-order valence-electron chi connectivity index (χ0n) is 10.6. The largest absolute Gasteiger partial charge is 0.396 e. The monoisotopic (exact) mass is 267 g/mol. The van der Waals surface area contributed by atoms with E-state index in [1.54, 1.807) is 11.5 Å². The second kappa shape index (κ2) is 5.05. The van der Waals surface area contributed by atoms with E-state index >= 15 is 0 Å². The Morgan fingerprint density at radius 2 is 2.22 bits per heavy atom. The highest BCUT2D eigenvalue weighted by Crippen LogP contribution is 2.49. The standard InChI is InChI=1S/C13H21N3OS/c14-12-11(10-3-4-10)13(18-15-12)16-6-1-2-9(8-16)5-7-17/h9-10,17H,1-8H2,(H2,14,15). The van der Waals surface area contributed by atoms with E-state index in [-0.39, 0.29) is 0 Å². The number of aliphatic hydroxyl groups excluding tert-OH is 1. The molecule has 1 atom stereocenters. The van der Waals surface area contributed by atoms with Gasteiger partial charge in [0.05, 0.1) is 0 Å². The van der Waals surface area contributed by atoms with Crippen molar-refractivity contribution in [1.29, 1.82) is 0 Å². The van der Waals surface area contributed by atoms with Crippen LogP contribution in [0.2, 0.25) is 0 Å². The number of nitrogens with zero attached hydrogens (tertiary/aromatic N) is 2. The molecule has 0 spiro atoms. The number of hydrogen-bond donors (Lipinski definition) is 2. The molecule has 18 heavy (non-hydrogen) atoms. The van der Waals surface area contributed by atoms with E-state index in [1.165, 1.54) is 36.2 Å². The summed E-state index contributed by atoms with van der Waals surface area (Å²) in [7, 11) is 0. The fourth-order valence-electron chi connectivity index (χ4n) is 2.95. The van der Waals surface area contributed by atoms with E-state index in [0.717, 1.165) is 25.3 Å². The van der Waals surface area contributed by atoms with Gasteiger partial charge in [-0.15, -0.1) is 0 Å². The Balaban J connectivity index is 1.77. The van der Waals surface area contributed by atoms with Crippen molar-refractivity contribution in [2.75, 3.05) is 30.3 Å². The maximum Gasteiger partial charge on any atom is 0.142 e. The number of hydrogen-bond acceptors (Lipinski definition) is 5. The van der Waals surface area contributed by atoms with Crippen LogP contribution in [0.1, 0.15) is 43.6 Å². The van der Waals surface area contributed by atoms with Gasteiger partial charge in [-0.3, -0.25) is 0 Å². The van der Waals surface area contributed by atoms with Crippen LogP contribution < -0.4 is 10.6 Å². The smallest absolute Gasteiger partial charge is 0.142 e. The molecule has 100 valence electrons. The summed E-state index contributed by atoms with van der Waals surface area (Å²) < 4.78 is 4.35. The zero-order chi connectivity index (χ0) is 12.5. The van der Waals surface area contributed by atoms with Crippen molar-refractivity contribution in [2.45, 2.75) is 38.0 Å². The molecule has 3 N–H and O–H groups in total. The summed E-state index contributed by atoms with van der Waals surface area (Å²) in [5.74, 6) is 2.04. The van der Waals surface area contributed by atoms with Crippen molar-refractivity contribution in [1.82, 2.24) is 4.37 Å². The van der Waals surface area contributed by atoms with Crippen LogP contribution in [-0.2, 0) is 0 Å². The Hall–Kier alpha value is -0.810. The van der Waals surface area contributed by atoms with Gasteiger partial charge in [0.1, 0.15) is 10.8 Å². The van der Waals surface area contributed by atoms with Crippen LogP contribution in [0.4, 0.5) is 10.8 Å². The maximum absolute atomic E-state index is 9.08. The van der Waals surface area contributed by atoms with Crippen molar-refractivity contribution in [3.8, 4) is 0 Å². The highest BCUT2D eigenvalue weighted by atomic mass is 32.1. The lowest BCUT2D eigenvalue weighted by molar-refractivity contribution is 0.244. The third kappa shape index (κ3) is 2.34. The molecule has 1 saturated heterocycles. The van der Waals surface area contributed by atoms with Gasteiger partial charge in [0, 0.05) is 25.3 Å². The van der Waals surface area contributed by atoms with Gasteiger partial charge in [0.15, 0.2) is 0 Å². The average Bonchev–Trinajstić information content (AvgIpc) is 3.13. The lowest BCUT2D eigenvalue weighted by Gasteiger charge is -2.33. The van der Waals surface area contributed by atoms with Gasteiger partial charge >= 0.3 is 0 Å². The molecular formula is C13H21N3OS. The first-order chi connectivity index (χ1) is 8.79. The lowest BCUT2D eigenvalue weighted by atomic mass is 9.95. The molecule has 2 aliphatic rings. The van der Waals surface area contributed by atoms with Crippen molar-refractivity contribution >= 4 is 22.4 Å². The van der Waals surface area contributed by atoms with Gasteiger partial charge in [0.2, 0.25) is 0 Å². The molecule has 1 aromatic rings. The van der Waals surface area contributed by atoms with Crippen LogP contribution in [0, 0.1) is 5.92 Å². The van der Waals surface area contributed by atoms with Gasteiger partial charge < -0.3 is 15.7 Å². The summed E-state index contributed by atoms with van der Waals surface area (Å²) in [5.41, 5.74) is 7.32. The number of anilines is 2. The molecule has 1 aromatic heterocycles. The molecule has 0 bridgehead atoms. The number of rotatable bonds is 4. The van der Waals surface area contributed by atoms with Crippen molar-refractivity contribution < 1.29 is 5.11 Å². The molecule has 3 rings (SSSR count). The van der Waals surface area contributed by atoms with E-state index in [2.05, 4.69) is 9.27 Å². The second-order valence-electron chi connectivity index (χ2n) is 5.53. The van der Waals surface area contributed by atoms with E-state index in [4.69, 9.17) is 10.8 Å². The molecular weight excluding hydrogens is 246 g/mol. The molecule has 2 heterocycles.